The molecule has 0 aliphatic heterocycles. The van der Waals surface area contributed by atoms with Crippen molar-refractivity contribution in [1.29, 1.82) is 0 Å². The number of benzene rings is 1. The summed E-state index contributed by atoms with van der Waals surface area (Å²) in [6.07, 6.45) is 0. The van der Waals surface area contributed by atoms with Gasteiger partial charge in [-0.2, -0.15) is 0 Å². The van der Waals surface area contributed by atoms with E-state index in [1.807, 2.05) is 32.3 Å². The monoisotopic (exact) mass is 224 g/mol. The zero-order valence-electron chi connectivity index (χ0n) is 10.4. The molecular weight excluding hydrogens is 204 g/mol. The first-order valence-electron chi connectivity index (χ1n) is 5.22. The van der Waals surface area contributed by atoms with Crippen LogP contribution in [0.2, 0.25) is 0 Å². The van der Waals surface area contributed by atoms with Gasteiger partial charge >= 0.3 is 0 Å². The highest BCUT2D eigenvalue weighted by Crippen LogP contribution is 2.30. The average Bonchev–Trinajstić information content (AvgIpc) is 2.29. The van der Waals surface area contributed by atoms with Gasteiger partial charge in [0, 0.05) is 18.2 Å². The van der Waals surface area contributed by atoms with Gasteiger partial charge in [0.1, 0.15) is 11.5 Å². The molecule has 0 fully saturated rings. The Morgan fingerprint density at radius 3 is 2.38 bits per heavy atom. The van der Waals surface area contributed by atoms with Crippen LogP contribution in [0, 0.1) is 0 Å². The summed E-state index contributed by atoms with van der Waals surface area (Å²) in [5.41, 5.74) is 6.85. The highest BCUT2D eigenvalue weighted by atomic mass is 16.5. The van der Waals surface area contributed by atoms with E-state index in [0.717, 1.165) is 17.1 Å². The van der Waals surface area contributed by atoms with E-state index in [2.05, 4.69) is 4.90 Å². The maximum atomic E-state index is 5.77. The number of nitrogens with two attached hydrogens (primary N) is 1. The van der Waals surface area contributed by atoms with Crippen LogP contribution < -0.4 is 15.2 Å². The van der Waals surface area contributed by atoms with Gasteiger partial charge in [0.2, 0.25) is 0 Å². The van der Waals surface area contributed by atoms with E-state index in [-0.39, 0.29) is 6.04 Å². The SMILES string of the molecule is COc1ccc(C(CN)N(C)C)c(OC)c1. The van der Waals surface area contributed by atoms with Crippen molar-refractivity contribution in [2.24, 2.45) is 5.73 Å². The van der Waals surface area contributed by atoms with Gasteiger partial charge in [-0.05, 0) is 20.2 Å². The topological polar surface area (TPSA) is 47.7 Å². The molecule has 0 aliphatic rings. The van der Waals surface area contributed by atoms with Crippen molar-refractivity contribution in [3.8, 4) is 11.5 Å². The maximum Gasteiger partial charge on any atom is 0.127 e. The largest absolute Gasteiger partial charge is 0.497 e. The van der Waals surface area contributed by atoms with Crippen LogP contribution in [-0.2, 0) is 0 Å². The van der Waals surface area contributed by atoms with Crippen molar-refractivity contribution < 1.29 is 9.47 Å². The average molecular weight is 224 g/mol. The molecule has 90 valence electrons. The first-order valence-corrected chi connectivity index (χ1v) is 5.22. The smallest absolute Gasteiger partial charge is 0.127 e. The molecule has 1 atom stereocenters. The predicted octanol–water partition coefficient (Wildman–Crippen LogP) is 1.27. The Hall–Kier alpha value is -1.26. The zero-order valence-corrected chi connectivity index (χ0v) is 10.4. The molecule has 16 heavy (non-hydrogen) atoms. The Morgan fingerprint density at radius 2 is 1.94 bits per heavy atom. The lowest BCUT2D eigenvalue weighted by atomic mass is 10.0. The number of likely N-dealkylation sites (N-methyl/N-ethyl adjacent to an activating group) is 1. The van der Waals surface area contributed by atoms with E-state index in [1.54, 1.807) is 14.2 Å². The second-order valence-corrected chi connectivity index (χ2v) is 3.82. The lowest BCUT2D eigenvalue weighted by Gasteiger charge is -2.25. The van der Waals surface area contributed by atoms with Crippen LogP contribution in [0.1, 0.15) is 11.6 Å². The van der Waals surface area contributed by atoms with E-state index in [9.17, 15) is 0 Å². The molecule has 0 spiro atoms. The molecule has 0 aromatic heterocycles. The van der Waals surface area contributed by atoms with E-state index in [1.165, 1.54) is 0 Å². The molecule has 1 aromatic carbocycles. The van der Waals surface area contributed by atoms with E-state index in [4.69, 9.17) is 15.2 Å². The third kappa shape index (κ3) is 2.65. The number of hydrogen-bond acceptors (Lipinski definition) is 4. The first kappa shape index (κ1) is 12.8. The van der Waals surface area contributed by atoms with Gasteiger partial charge in [-0.25, -0.2) is 0 Å². The molecule has 1 unspecified atom stereocenters. The Labute approximate surface area is 96.9 Å². The van der Waals surface area contributed by atoms with Crippen molar-refractivity contribution in [3.63, 3.8) is 0 Å². The lowest BCUT2D eigenvalue weighted by Crippen LogP contribution is -2.27. The Morgan fingerprint density at radius 1 is 1.25 bits per heavy atom. The number of hydrogen-bond donors (Lipinski definition) is 1. The summed E-state index contributed by atoms with van der Waals surface area (Å²) in [7, 11) is 7.30. The van der Waals surface area contributed by atoms with Gasteiger partial charge in [-0.3, -0.25) is 0 Å². The fraction of sp³-hybridized carbons (Fsp3) is 0.500. The lowest BCUT2D eigenvalue weighted by molar-refractivity contribution is 0.294. The predicted molar refractivity (Wildman–Crippen MR) is 65.0 cm³/mol. The molecule has 0 saturated heterocycles. The van der Waals surface area contributed by atoms with Crippen LogP contribution >= 0.6 is 0 Å². The minimum atomic E-state index is 0.154. The second kappa shape index (κ2) is 5.72. The Kier molecular flexibility index (Phi) is 4.58. The van der Waals surface area contributed by atoms with Gasteiger partial charge in [-0.1, -0.05) is 6.07 Å². The van der Waals surface area contributed by atoms with Gasteiger partial charge < -0.3 is 20.1 Å². The summed E-state index contributed by atoms with van der Waals surface area (Å²) in [6, 6.07) is 5.95. The van der Waals surface area contributed by atoms with E-state index >= 15 is 0 Å². The highest BCUT2D eigenvalue weighted by molar-refractivity contribution is 5.42. The molecular formula is C12H20N2O2. The van der Waals surface area contributed by atoms with Crippen LogP contribution in [0.25, 0.3) is 0 Å². The van der Waals surface area contributed by atoms with Gasteiger partial charge in [0.25, 0.3) is 0 Å². The van der Waals surface area contributed by atoms with Crippen LogP contribution in [0.4, 0.5) is 0 Å². The first-order chi connectivity index (χ1) is 7.63. The maximum absolute atomic E-state index is 5.77. The molecule has 1 rings (SSSR count). The van der Waals surface area contributed by atoms with E-state index in [0.29, 0.717) is 6.54 Å². The molecule has 0 aliphatic carbocycles. The van der Waals surface area contributed by atoms with Crippen LogP contribution in [-0.4, -0.2) is 39.8 Å². The third-order valence-corrected chi connectivity index (χ3v) is 2.65. The molecule has 0 heterocycles. The Bertz CT molecular complexity index is 340. The van der Waals surface area contributed by atoms with Crippen LogP contribution in [0.15, 0.2) is 18.2 Å². The molecule has 0 radical (unpaired) electrons. The van der Waals surface area contributed by atoms with Gasteiger partial charge in [0.15, 0.2) is 0 Å². The van der Waals surface area contributed by atoms with Crippen molar-refractivity contribution >= 4 is 0 Å². The fourth-order valence-corrected chi connectivity index (χ4v) is 1.71. The summed E-state index contributed by atoms with van der Waals surface area (Å²) in [5.74, 6) is 1.60. The molecule has 2 N–H and O–H groups in total. The van der Waals surface area contributed by atoms with Crippen LogP contribution in [0.3, 0.4) is 0 Å². The summed E-state index contributed by atoms with van der Waals surface area (Å²) in [5, 5.41) is 0. The minimum Gasteiger partial charge on any atom is -0.497 e. The summed E-state index contributed by atoms with van der Waals surface area (Å²) in [4.78, 5) is 2.07. The molecule has 0 bridgehead atoms. The second-order valence-electron chi connectivity index (χ2n) is 3.82. The third-order valence-electron chi connectivity index (χ3n) is 2.65. The molecule has 0 amide bonds. The van der Waals surface area contributed by atoms with Crippen LogP contribution in [0.5, 0.6) is 11.5 Å². The van der Waals surface area contributed by atoms with Gasteiger partial charge in [0.05, 0.1) is 20.3 Å². The quantitative estimate of drug-likeness (QED) is 0.818. The Balaban J connectivity index is 3.11. The fourth-order valence-electron chi connectivity index (χ4n) is 1.71. The number of ether oxygens (including phenoxy) is 2. The van der Waals surface area contributed by atoms with Crippen molar-refractivity contribution in [1.82, 2.24) is 4.90 Å². The number of rotatable bonds is 5. The molecule has 0 saturated carbocycles. The zero-order chi connectivity index (χ0) is 12.1. The minimum absolute atomic E-state index is 0.154. The summed E-state index contributed by atoms with van der Waals surface area (Å²) >= 11 is 0. The van der Waals surface area contributed by atoms with Crippen molar-refractivity contribution in [3.05, 3.63) is 23.8 Å². The summed E-state index contributed by atoms with van der Waals surface area (Å²) < 4.78 is 10.5. The number of nitrogens with zero attached hydrogens (tertiary/aromatic N) is 1. The standard InChI is InChI=1S/C12H20N2O2/c1-14(2)11(8-13)10-6-5-9(15-3)7-12(10)16-4/h5-7,11H,8,13H2,1-4H3. The highest BCUT2D eigenvalue weighted by Gasteiger charge is 2.17. The molecule has 4 nitrogen and oxygen atoms in total. The molecule has 1 aromatic rings. The normalized spacial score (nSPS) is 12.6. The molecule has 4 heteroatoms. The van der Waals surface area contributed by atoms with Crippen molar-refractivity contribution in [2.75, 3.05) is 34.9 Å². The summed E-state index contributed by atoms with van der Waals surface area (Å²) in [6.45, 7) is 0.551. The van der Waals surface area contributed by atoms with E-state index < -0.39 is 0 Å². The van der Waals surface area contributed by atoms with Crippen molar-refractivity contribution in [2.45, 2.75) is 6.04 Å². The van der Waals surface area contributed by atoms with Gasteiger partial charge in [-0.15, -0.1) is 0 Å². The number of methoxy groups -OCH3 is 2.